The Labute approximate surface area is 155 Å². The van der Waals surface area contributed by atoms with Crippen LogP contribution in [0.25, 0.3) is 28.1 Å². The van der Waals surface area contributed by atoms with Crippen LogP contribution in [-0.4, -0.2) is 25.6 Å². The molecular formula is C17H10BrN7O. The van der Waals surface area contributed by atoms with E-state index in [0.717, 1.165) is 15.7 Å². The minimum absolute atomic E-state index is 0.222. The lowest BCUT2D eigenvalue weighted by Crippen LogP contribution is -1.92. The molecule has 0 fully saturated rings. The number of halogens is 1. The maximum absolute atomic E-state index is 9.19. The average molecular weight is 408 g/mol. The number of aromatic nitrogens is 5. The number of hydrogen-bond donors (Lipinski definition) is 2. The fourth-order valence-corrected chi connectivity index (χ4v) is 2.74. The molecule has 0 atom stereocenters. The van der Waals surface area contributed by atoms with Gasteiger partial charge in [-0.2, -0.15) is 10.5 Å². The summed E-state index contributed by atoms with van der Waals surface area (Å²) in [6, 6.07) is 15.2. The quantitative estimate of drug-likeness (QED) is 0.494. The summed E-state index contributed by atoms with van der Waals surface area (Å²) in [5.74, 6) is 0.762. The van der Waals surface area contributed by atoms with E-state index in [-0.39, 0.29) is 11.4 Å². The molecule has 0 saturated carbocycles. The normalized spacial score (nSPS) is 11.5. The van der Waals surface area contributed by atoms with E-state index in [1.807, 2.05) is 48.5 Å². The van der Waals surface area contributed by atoms with Crippen molar-refractivity contribution < 1.29 is 4.42 Å². The number of benzene rings is 2. The fraction of sp³-hybridized carbons (Fsp3) is 0. The first-order chi connectivity index (χ1) is 12.7. The summed E-state index contributed by atoms with van der Waals surface area (Å²) in [4.78, 5) is 4.53. The lowest BCUT2D eigenvalue weighted by molar-refractivity contribution is 0.620. The Morgan fingerprint density at radius 1 is 1.27 bits per heavy atom. The molecule has 8 nitrogen and oxygen atoms in total. The molecule has 0 amide bonds. The van der Waals surface area contributed by atoms with Crippen molar-refractivity contribution >= 4 is 38.3 Å². The van der Waals surface area contributed by atoms with Crippen LogP contribution in [0.15, 0.2) is 57.6 Å². The van der Waals surface area contributed by atoms with E-state index >= 15 is 0 Å². The first-order valence-corrected chi connectivity index (χ1v) is 8.29. The second-order valence-corrected chi connectivity index (χ2v) is 6.18. The largest absolute Gasteiger partial charge is 0.436 e. The highest BCUT2D eigenvalue weighted by molar-refractivity contribution is 9.10. The molecule has 2 heterocycles. The zero-order chi connectivity index (χ0) is 17.9. The monoisotopic (exact) mass is 407 g/mol. The number of oxazole rings is 1. The molecule has 2 aromatic carbocycles. The smallest absolute Gasteiger partial charge is 0.227 e. The van der Waals surface area contributed by atoms with Gasteiger partial charge >= 0.3 is 0 Å². The van der Waals surface area contributed by atoms with E-state index in [2.05, 4.69) is 46.9 Å². The number of tetrazole rings is 1. The number of nitriles is 1. The predicted octanol–water partition coefficient (Wildman–Crippen LogP) is 3.75. The van der Waals surface area contributed by atoms with Crippen LogP contribution in [0, 0.1) is 11.3 Å². The van der Waals surface area contributed by atoms with Crippen molar-refractivity contribution in [3.8, 4) is 17.5 Å². The van der Waals surface area contributed by atoms with Gasteiger partial charge in [-0.05, 0) is 41.6 Å². The van der Waals surface area contributed by atoms with Gasteiger partial charge in [0.1, 0.15) is 17.2 Å². The standard InChI is InChI=1S/C17H10BrN7O/c18-12-3-1-2-10(6-12)17-21-14-7-13(4-5-15(14)26-17)20-9-11(8-19)16-22-24-25-23-16/h1-7,9,20H,(H,22,23,24,25). The van der Waals surface area contributed by atoms with Crippen LogP contribution in [0.3, 0.4) is 0 Å². The van der Waals surface area contributed by atoms with Gasteiger partial charge < -0.3 is 9.73 Å². The molecule has 0 spiro atoms. The molecule has 0 unspecified atom stereocenters. The number of fused-ring (bicyclic) bond motifs is 1. The SMILES string of the molecule is N#CC(=CNc1ccc2oc(-c3cccc(Br)c3)nc2c1)c1nn[nH]n1. The maximum Gasteiger partial charge on any atom is 0.227 e. The third-order valence-electron chi connectivity index (χ3n) is 3.55. The number of nitrogens with zero attached hydrogens (tertiary/aromatic N) is 5. The minimum Gasteiger partial charge on any atom is -0.436 e. The van der Waals surface area contributed by atoms with Gasteiger partial charge in [-0.25, -0.2) is 4.98 Å². The summed E-state index contributed by atoms with van der Waals surface area (Å²) in [7, 11) is 0. The van der Waals surface area contributed by atoms with Crippen LogP contribution in [0.5, 0.6) is 0 Å². The Bertz CT molecular complexity index is 1140. The van der Waals surface area contributed by atoms with Crippen LogP contribution < -0.4 is 5.32 Å². The van der Waals surface area contributed by atoms with Crippen LogP contribution in [-0.2, 0) is 0 Å². The minimum atomic E-state index is 0.222. The van der Waals surface area contributed by atoms with E-state index in [1.165, 1.54) is 6.20 Å². The van der Waals surface area contributed by atoms with Gasteiger partial charge in [-0.1, -0.05) is 22.0 Å². The van der Waals surface area contributed by atoms with Gasteiger partial charge in [0.05, 0.1) is 0 Å². The van der Waals surface area contributed by atoms with Crippen molar-refractivity contribution in [3.63, 3.8) is 0 Å². The summed E-state index contributed by atoms with van der Waals surface area (Å²) >= 11 is 3.44. The first-order valence-electron chi connectivity index (χ1n) is 7.50. The molecule has 0 saturated heterocycles. The Morgan fingerprint density at radius 3 is 2.96 bits per heavy atom. The number of aromatic amines is 1. The molecule has 9 heteroatoms. The summed E-state index contributed by atoms with van der Waals surface area (Å²) in [5, 5.41) is 25.6. The summed E-state index contributed by atoms with van der Waals surface area (Å²) in [6.45, 7) is 0. The third-order valence-corrected chi connectivity index (χ3v) is 4.04. The van der Waals surface area contributed by atoms with Gasteiger partial charge in [0.15, 0.2) is 5.58 Å². The molecule has 4 aromatic rings. The van der Waals surface area contributed by atoms with Crippen molar-refractivity contribution in [2.75, 3.05) is 5.32 Å². The number of H-pyrrole nitrogens is 1. The van der Waals surface area contributed by atoms with Crippen LogP contribution in [0.4, 0.5) is 5.69 Å². The summed E-state index contributed by atoms with van der Waals surface area (Å²) in [6.07, 6.45) is 1.52. The number of anilines is 1. The van der Waals surface area contributed by atoms with Crippen molar-refractivity contribution in [1.29, 1.82) is 5.26 Å². The molecule has 2 N–H and O–H groups in total. The third kappa shape index (κ3) is 3.18. The van der Waals surface area contributed by atoms with E-state index in [9.17, 15) is 5.26 Å². The number of allylic oxidation sites excluding steroid dienone is 1. The highest BCUT2D eigenvalue weighted by Gasteiger charge is 2.10. The first kappa shape index (κ1) is 16.0. The lowest BCUT2D eigenvalue weighted by atomic mass is 10.2. The summed E-state index contributed by atoms with van der Waals surface area (Å²) in [5.41, 5.74) is 3.27. The van der Waals surface area contributed by atoms with Gasteiger partial charge in [0.2, 0.25) is 11.7 Å². The topological polar surface area (TPSA) is 116 Å². The molecule has 0 bridgehead atoms. The molecule has 0 radical (unpaired) electrons. The van der Waals surface area contributed by atoms with Gasteiger partial charge in [-0.15, -0.1) is 10.2 Å². The highest BCUT2D eigenvalue weighted by Crippen LogP contribution is 2.28. The zero-order valence-corrected chi connectivity index (χ0v) is 14.7. The molecule has 26 heavy (non-hydrogen) atoms. The average Bonchev–Trinajstić information content (AvgIpc) is 3.32. The Kier molecular flexibility index (Phi) is 4.17. The molecule has 0 aliphatic rings. The van der Waals surface area contributed by atoms with Gasteiger partial charge in [-0.3, -0.25) is 0 Å². The number of nitrogens with one attached hydrogen (secondary N) is 2. The zero-order valence-electron chi connectivity index (χ0n) is 13.1. The molecule has 2 aromatic heterocycles. The predicted molar refractivity (Wildman–Crippen MR) is 98.5 cm³/mol. The molecule has 4 rings (SSSR count). The van der Waals surface area contributed by atoms with Crippen LogP contribution in [0.2, 0.25) is 0 Å². The highest BCUT2D eigenvalue weighted by atomic mass is 79.9. The molecule has 0 aliphatic heterocycles. The van der Waals surface area contributed by atoms with E-state index in [4.69, 9.17) is 4.42 Å². The van der Waals surface area contributed by atoms with Crippen molar-refractivity contribution in [1.82, 2.24) is 25.6 Å². The van der Waals surface area contributed by atoms with E-state index in [1.54, 1.807) is 0 Å². The van der Waals surface area contributed by atoms with E-state index < -0.39 is 0 Å². The molecule has 126 valence electrons. The molecular weight excluding hydrogens is 398 g/mol. The number of rotatable bonds is 4. The second-order valence-electron chi connectivity index (χ2n) is 5.26. The fourth-order valence-electron chi connectivity index (χ4n) is 2.34. The lowest BCUT2D eigenvalue weighted by Gasteiger charge is -2.00. The van der Waals surface area contributed by atoms with Crippen molar-refractivity contribution in [3.05, 3.63) is 59.0 Å². The maximum atomic E-state index is 9.19. The van der Waals surface area contributed by atoms with Crippen molar-refractivity contribution in [2.45, 2.75) is 0 Å². The van der Waals surface area contributed by atoms with Gasteiger partial charge in [0.25, 0.3) is 0 Å². The van der Waals surface area contributed by atoms with E-state index in [0.29, 0.717) is 17.0 Å². The second kappa shape index (κ2) is 6.78. The van der Waals surface area contributed by atoms with Crippen LogP contribution >= 0.6 is 15.9 Å². The van der Waals surface area contributed by atoms with Crippen LogP contribution in [0.1, 0.15) is 5.82 Å². The van der Waals surface area contributed by atoms with Crippen molar-refractivity contribution in [2.24, 2.45) is 0 Å². The number of hydrogen-bond acceptors (Lipinski definition) is 7. The van der Waals surface area contributed by atoms with Gasteiger partial charge in [0, 0.05) is 21.9 Å². The Morgan fingerprint density at radius 2 is 2.19 bits per heavy atom. The Balaban J connectivity index is 1.63. The summed E-state index contributed by atoms with van der Waals surface area (Å²) < 4.78 is 6.76. The Hall–Kier alpha value is -3.51. The molecule has 0 aliphatic carbocycles.